The van der Waals surface area contributed by atoms with Crippen molar-refractivity contribution < 1.29 is 4.39 Å². The lowest BCUT2D eigenvalue weighted by Gasteiger charge is -2.30. The first-order chi connectivity index (χ1) is 9.94. The number of nitrogens with zero attached hydrogens (tertiary/aromatic N) is 2. The predicted octanol–water partition coefficient (Wildman–Crippen LogP) is 5.36. The third-order valence-corrected chi connectivity index (χ3v) is 5.11. The number of hydrogen-bond acceptors (Lipinski definition) is 1. The number of benzene rings is 1. The number of imidazole rings is 1. The maximum atomic E-state index is 13.9. The van der Waals surface area contributed by atoms with Crippen LogP contribution in [0.15, 0.2) is 12.1 Å². The van der Waals surface area contributed by atoms with Crippen molar-refractivity contribution in [1.29, 1.82) is 0 Å². The second-order valence-electron chi connectivity index (χ2n) is 6.49. The van der Waals surface area contributed by atoms with Crippen LogP contribution >= 0.6 is 23.2 Å². The lowest BCUT2D eigenvalue weighted by atomic mass is 9.87. The van der Waals surface area contributed by atoms with E-state index in [0.717, 1.165) is 23.3 Å². The molecule has 1 atom stereocenters. The highest BCUT2D eigenvalue weighted by Gasteiger charge is 2.37. The van der Waals surface area contributed by atoms with Crippen LogP contribution in [-0.4, -0.2) is 15.4 Å². The van der Waals surface area contributed by atoms with Gasteiger partial charge in [0.15, 0.2) is 0 Å². The third-order valence-electron chi connectivity index (χ3n) is 4.64. The van der Waals surface area contributed by atoms with E-state index in [4.69, 9.17) is 23.2 Å². The molecule has 0 radical (unpaired) electrons. The fraction of sp³-hybridized carbons (Fsp3) is 0.562. The van der Waals surface area contributed by atoms with E-state index >= 15 is 0 Å². The number of fused-ring (bicyclic) bond motifs is 1. The quantitative estimate of drug-likeness (QED) is 0.693. The van der Waals surface area contributed by atoms with E-state index in [0.29, 0.717) is 18.3 Å². The molecule has 1 saturated carbocycles. The van der Waals surface area contributed by atoms with Crippen molar-refractivity contribution in [3.63, 3.8) is 0 Å². The number of rotatable bonds is 3. The molecule has 0 saturated heterocycles. The first-order valence-corrected chi connectivity index (χ1v) is 8.27. The van der Waals surface area contributed by atoms with Gasteiger partial charge in [-0.3, -0.25) is 0 Å². The van der Waals surface area contributed by atoms with Gasteiger partial charge in [-0.2, -0.15) is 0 Å². The van der Waals surface area contributed by atoms with Crippen LogP contribution < -0.4 is 0 Å². The summed E-state index contributed by atoms with van der Waals surface area (Å²) in [6, 6.07) is 3.46. The predicted molar refractivity (Wildman–Crippen MR) is 85.8 cm³/mol. The Morgan fingerprint density at radius 2 is 2.19 bits per heavy atom. The van der Waals surface area contributed by atoms with Gasteiger partial charge >= 0.3 is 0 Å². The molecule has 2 aromatic rings. The van der Waals surface area contributed by atoms with Crippen LogP contribution in [0.5, 0.6) is 0 Å². The molecule has 0 bridgehead atoms. The molecule has 5 heteroatoms. The maximum absolute atomic E-state index is 13.9. The van der Waals surface area contributed by atoms with Crippen LogP contribution in [-0.2, 0) is 6.42 Å². The van der Waals surface area contributed by atoms with Gasteiger partial charge in [0.25, 0.3) is 0 Å². The molecule has 1 heterocycles. The summed E-state index contributed by atoms with van der Waals surface area (Å²) in [5.74, 6) is 1.05. The van der Waals surface area contributed by atoms with Gasteiger partial charge in [0.1, 0.15) is 11.6 Å². The van der Waals surface area contributed by atoms with Crippen LogP contribution in [0.25, 0.3) is 11.0 Å². The Morgan fingerprint density at radius 3 is 2.81 bits per heavy atom. The first-order valence-electron chi connectivity index (χ1n) is 7.36. The molecule has 114 valence electrons. The topological polar surface area (TPSA) is 17.8 Å². The molecule has 1 unspecified atom stereocenters. The zero-order valence-electron chi connectivity index (χ0n) is 12.3. The standard InChI is InChI=1S/C16H19Cl2FN2/c1-16(2)6-3-4-14(16)21-13-9-11(19)10(18)8-12(13)20-15(21)5-7-17/h8-9,14H,3-7H2,1-2H3. The Hall–Kier alpha value is -0.800. The molecular formula is C16H19Cl2FN2. The Balaban J connectivity index is 2.23. The molecular weight excluding hydrogens is 310 g/mol. The van der Waals surface area contributed by atoms with E-state index in [2.05, 4.69) is 23.4 Å². The SMILES string of the molecule is CC1(C)CCCC1n1c(CCCl)nc2cc(Cl)c(F)cc21. The molecule has 0 N–H and O–H groups in total. The van der Waals surface area contributed by atoms with Gasteiger partial charge in [-0.15, -0.1) is 11.6 Å². The first kappa shape index (κ1) is 15.1. The molecule has 2 nitrogen and oxygen atoms in total. The number of aryl methyl sites for hydroxylation is 1. The van der Waals surface area contributed by atoms with Gasteiger partial charge in [0.2, 0.25) is 0 Å². The smallest absolute Gasteiger partial charge is 0.144 e. The van der Waals surface area contributed by atoms with Crippen LogP contribution in [0.2, 0.25) is 5.02 Å². The van der Waals surface area contributed by atoms with E-state index in [-0.39, 0.29) is 10.4 Å². The number of hydrogen-bond donors (Lipinski definition) is 0. The zero-order chi connectivity index (χ0) is 15.2. The highest BCUT2D eigenvalue weighted by Crippen LogP contribution is 2.47. The van der Waals surface area contributed by atoms with Crippen LogP contribution in [0.1, 0.15) is 45.0 Å². The largest absolute Gasteiger partial charge is 0.324 e. The van der Waals surface area contributed by atoms with E-state index in [9.17, 15) is 4.39 Å². The summed E-state index contributed by atoms with van der Waals surface area (Å²) in [5.41, 5.74) is 1.77. The lowest BCUT2D eigenvalue weighted by molar-refractivity contribution is 0.261. The minimum atomic E-state index is -0.390. The average Bonchev–Trinajstić information content (AvgIpc) is 2.90. The number of halogens is 3. The van der Waals surface area contributed by atoms with E-state index in [1.807, 2.05) is 0 Å². The molecule has 3 rings (SSSR count). The second kappa shape index (κ2) is 5.44. The molecule has 1 aliphatic rings. The molecule has 0 spiro atoms. The number of alkyl halides is 1. The summed E-state index contributed by atoms with van der Waals surface area (Å²) in [5, 5.41) is 0.121. The minimum absolute atomic E-state index is 0.121. The van der Waals surface area contributed by atoms with E-state index in [1.165, 1.54) is 18.9 Å². The van der Waals surface area contributed by atoms with Crippen molar-refractivity contribution in [3.05, 3.63) is 28.8 Å². The Kier molecular flexibility index (Phi) is 3.91. The Morgan fingerprint density at radius 1 is 1.43 bits per heavy atom. The minimum Gasteiger partial charge on any atom is -0.324 e. The summed E-state index contributed by atoms with van der Waals surface area (Å²) >= 11 is 11.8. The highest BCUT2D eigenvalue weighted by molar-refractivity contribution is 6.31. The number of aromatic nitrogens is 2. The Bertz CT molecular complexity index is 678. The summed E-state index contributed by atoms with van der Waals surface area (Å²) in [7, 11) is 0. The summed E-state index contributed by atoms with van der Waals surface area (Å²) in [6.07, 6.45) is 4.14. The van der Waals surface area contributed by atoms with Crippen molar-refractivity contribution >= 4 is 34.2 Å². The van der Waals surface area contributed by atoms with Gasteiger partial charge in [-0.25, -0.2) is 9.37 Å². The average molecular weight is 329 g/mol. The van der Waals surface area contributed by atoms with Crippen LogP contribution in [0.4, 0.5) is 4.39 Å². The van der Waals surface area contributed by atoms with Crippen LogP contribution in [0.3, 0.4) is 0 Å². The molecule has 1 aromatic carbocycles. The highest BCUT2D eigenvalue weighted by atomic mass is 35.5. The fourth-order valence-electron chi connectivity index (χ4n) is 3.54. The lowest BCUT2D eigenvalue weighted by Crippen LogP contribution is -2.23. The zero-order valence-corrected chi connectivity index (χ0v) is 13.8. The fourth-order valence-corrected chi connectivity index (χ4v) is 3.86. The molecule has 0 amide bonds. The van der Waals surface area contributed by atoms with Crippen molar-refractivity contribution in [2.45, 2.75) is 45.6 Å². The molecule has 0 aliphatic heterocycles. The Labute approximate surface area is 134 Å². The van der Waals surface area contributed by atoms with Crippen molar-refractivity contribution in [2.24, 2.45) is 5.41 Å². The molecule has 1 fully saturated rings. The molecule has 1 aromatic heterocycles. The normalized spacial score (nSPS) is 21.3. The molecule has 21 heavy (non-hydrogen) atoms. The van der Waals surface area contributed by atoms with Gasteiger partial charge < -0.3 is 4.57 Å². The molecule has 1 aliphatic carbocycles. The van der Waals surface area contributed by atoms with Gasteiger partial charge in [0, 0.05) is 24.4 Å². The van der Waals surface area contributed by atoms with Gasteiger partial charge in [0.05, 0.1) is 16.1 Å². The van der Waals surface area contributed by atoms with Crippen molar-refractivity contribution in [2.75, 3.05) is 5.88 Å². The summed E-state index contributed by atoms with van der Waals surface area (Å²) in [4.78, 5) is 4.64. The van der Waals surface area contributed by atoms with Crippen LogP contribution in [0, 0.1) is 11.2 Å². The maximum Gasteiger partial charge on any atom is 0.144 e. The summed E-state index contributed by atoms with van der Waals surface area (Å²) in [6.45, 7) is 4.54. The second-order valence-corrected chi connectivity index (χ2v) is 7.27. The van der Waals surface area contributed by atoms with Crippen molar-refractivity contribution in [1.82, 2.24) is 9.55 Å². The van der Waals surface area contributed by atoms with Crippen molar-refractivity contribution in [3.8, 4) is 0 Å². The summed E-state index contributed by atoms with van der Waals surface area (Å²) < 4.78 is 16.1. The van der Waals surface area contributed by atoms with E-state index in [1.54, 1.807) is 6.07 Å². The van der Waals surface area contributed by atoms with Gasteiger partial charge in [-0.1, -0.05) is 31.9 Å². The third kappa shape index (κ3) is 2.55. The van der Waals surface area contributed by atoms with E-state index < -0.39 is 5.82 Å². The monoisotopic (exact) mass is 328 g/mol. The van der Waals surface area contributed by atoms with Gasteiger partial charge in [-0.05, 0) is 24.3 Å².